The Morgan fingerprint density at radius 1 is 1.39 bits per heavy atom. The van der Waals surface area contributed by atoms with E-state index in [1.165, 1.54) is 18.2 Å². The summed E-state index contributed by atoms with van der Waals surface area (Å²) in [4.78, 5) is 20.2. The highest BCUT2D eigenvalue weighted by Crippen LogP contribution is 2.24. The third kappa shape index (κ3) is 4.01. The van der Waals surface area contributed by atoms with Crippen LogP contribution in [0.5, 0.6) is 0 Å². The van der Waals surface area contributed by atoms with Crippen LogP contribution < -0.4 is 4.72 Å². The van der Waals surface area contributed by atoms with Gasteiger partial charge in [0, 0.05) is 6.07 Å². The molecule has 0 atom stereocenters. The van der Waals surface area contributed by atoms with E-state index in [1.807, 2.05) is 4.72 Å². The first-order chi connectivity index (χ1) is 8.32. The summed E-state index contributed by atoms with van der Waals surface area (Å²) in [5, 5.41) is 19.0. The molecule has 98 valence electrons. The van der Waals surface area contributed by atoms with Gasteiger partial charge in [0.15, 0.2) is 0 Å². The third-order valence-electron chi connectivity index (χ3n) is 1.95. The van der Waals surface area contributed by atoms with Crippen molar-refractivity contribution in [2.45, 2.75) is 6.42 Å². The van der Waals surface area contributed by atoms with E-state index in [9.17, 15) is 23.3 Å². The Labute approximate surface area is 102 Å². The number of aliphatic carboxylic acids is 1. The number of carboxylic acid groups (broad SMARTS) is 1. The fraction of sp³-hybridized carbons (Fsp3) is 0.222. The maximum atomic E-state index is 11.5. The minimum atomic E-state index is -3.92. The van der Waals surface area contributed by atoms with Gasteiger partial charge in [-0.3, -0.25) is 19.6 Å². The van der Waals surface area contributed by atoms with Crippen LogP contribution in [0.1, 0.15) is 6.42 Å². The summed E-state index contributed by atoms with van der Waals surface area (Å²) >= 11 is 0. The van der Waals surface area contributed by atoms with Gasteiger partial charge in [0.25, 0.3) is 5.69 Å². The highest BCUT2D eigenvalue weighted by atomic mass is 32.2. The van der Waals surface area contributed by atoms with Crippen molar-refractivity contribution < 1.29 is 23.2 Å². The monoisotopic (exact) mass is 274 g/mol. The van der Waals surface area contributed by atoms with E-state index in [4.69, 9.17) is 5.11 Å². The molecule has 1 aromatic carbocycles. The summed E-state index contributed by atoms with van der Waals surface area (Å²) in [5.74, 6) is -1.91. The molecule has 0 fully saturated rings. The molecule has 0 saturated carbocycles. The Morgan fingerprint density at radius 2 is 2.00 bits per heavy atom. The molecular weight excluding hydrogens is 264 g/mol. The second kappa shape index (κ2) is 5.45. The number of carbonyl (C=O) groups is 1. The lowest BCUT2D eigenvalue weighted by atomic mass is 10.3. The van der Waals surface area contributed by atoms with Crippen molar-refractivity contribution in [3.8, 4) is 0 Å². The molecule has 0 aliphatic rings. The SMILES string of the molecule is O=C(O)CCS(=O)(=O)Nc1ccccc1[N+](=O)[O-]. The van der Waals surface area contributed by atoms with Crippen LogP contribution in [0.15, 0.2) is 24.3 Å². The van der Waals surface area contributed by atoms with Gasteiger partial charge in [-0.2, -0.15) is 0 Å². The Morgan fingerprint density at radius 3 is 2.56 bits per heavy atom. The molecule has 1 rings (SSSR count). The third-order valence-corrected chi connectivity index (χ3v) is 3.22. The number of nitro benzene ring substituents is 1. The van der Waals surface area contributed by atoms with Crippen molar-refractivity contribution in [3.63, 3.8) is 0 Å². The first kappa shape index (κ1) is 13.9. The molecule has 0 amide bonds. The molecule has 0 unspecified atom stereocenters. The summed E-state index contributed by atoms with van der Waals surface area (Å²) < 4.78 is 25.0. The standard InChI is InChI=1S/C9H10N2O6S/c12-9(13)5-6-18(16,17)10-7-3-1-2-4-8(7)11(14)15/h1-4,10H,5-6H2,(H,12,13). The number of rotatable bonds is 6. The average Bonchev–Trinajstić information content (AvgIpc) is 2.26. The van der Waals surface area contributed by atoms with Crippen LogP contribution in [0.25, 0.3) is 0 Å². The number of benzene rings is 1. The highest BCUT2D eigenvalue weighted by Gasteiger charge is 2.19. The number of nitrogens with zero attached hydrogens (tertiary/aromatic N) is 1. The molecule has 18 heavy (non-hydrogen) atoms. The van der Waals surface area contributed by atoms with Gasteiger partial charge >= 0.3 is 5.97 Å². The predicted molar refractivity (Wildman–Crippen MR) is 62.8 cm³/mol. The molecule has 1 aromatic rings. The quantitative estimate of drug-likeness (QED) is 0.583. The Kier molecular flexibility index (Phi) is 4.21. The number of para-hydroxylation sites is 2. The zero-order valence-corrected chi connectivity index (χ0v) is 9.88. The van der Waals surface area contributed by atoms with Gasteiger partial charge < -0.3 is 5.11 Å². The summed E-state index contributed by atoms with van der Waals surface area (Å²) in [6.07, 6.45) is -0.573. The lowest BCUT2D eigenvalue weighted by Gasteiger charge is -2.06. The molecule has 2 N–H and O–H groups in total. The lowest BCUT2D eigenvalue weighted by Crippen LogP contribution is -2.19. The first-order valence-corrected chi connectivity index (χ1v) is 6.43. The van der Waals surface area contributed by atoms with E-state index in [-0.39, 0.29) is 5.69 Å². The number of hydrogen-bond acceptors (Lipinski definition) is 5. The second-order valence-electron chi connectivity index (χ2n) is 3.34. The summed E-state index contributed by atoms with van der Waals surface area (Å²) in [6, 6.07) is 5.21. The van der Waals surface area contributed by atoms with Gasteiger partial charge in [0.05, 0.1) is 17.1 Å². The van der Waals surface area contributed by atoms with Gasteiger partial charge in [-0.05, 0) is 6.07 Å². The van der Waals surface area contributed by atoms with Gasteiger partial charge in [-0.1, -0.05) is 12.1 Å². The van der Waals surface area contributed by atoms with Crippen molar-refractivity contribution in [2.75, 3.05) is 10.5 Å². The van der Waals surface area contributed by atoms with Crippen LogP contribution in [0.2, 0.25) is 0 Å². The summed E-state index contributed by atoms with van der Waals surface area (Å²) in [6.45, 7) is 0. The Hall–Kier alpha value is -2.16. The molecule has 0 heterocycles. The van der Waals surface area contributed by atoms with E-state index in [2.05, 4.69) is 0 Å². The number of nitrogens with one attached hydrogen (secondary N) is 1. The molecular formula is C9H10N2O6S. The smallest absolute Gasteiger partial charge is 0.304 e. The van der Waals surface area contributed by atoms with Crippen molar-refractivity contribution in [1.82, 2.24) is 0 Å². The molecule has 8 nitrogen and oxygen atoms in total. The topological polar surface area (TPSA) is 127 Å². The van der Waals surface area contributed by atoms with Crippen molar-refractivity contribution in [2.24, 2.45) is 0 Å². The van der Waals surface area contributed by atoms with E-state index < -0.39 is 38.8 Å². The molecule has 0 aromatic heterocycles. The van der Waals surface area contributed by atoms with Crippen molar-refractivity contribution >= 4 is 27.4 Å². The predicted octanol–water partition coefficient (Wildman–Crippen LogP) is 0.811. The minimum Gasteiger partial charge on any atom is -0.481 e. The van der Waals surface area contributed by atoms with Crippen molar-refractivity contribution in [1.29, 1.82) is 0 Å². The molecule has 0 radical (unpaired) electrons. The van der Waals surface area contributed by atoms with E-state index in [1.54, 1.807) is 0 Å². The maximum Gasteiger partial charge on any atom is 0.304 e. The summed E-state index contributed by atoms with van der Waals surface area (Å²) in [7, 11) is -3.92. The normalized spacial score (nSPS) is 10.9. The number of sulfonamides is 1. The molecule has 9 heteroatoms. The molecule has 0 aliphatic heterocycles. The Bertz CT molecular complexity index is 568. The molecule has 0 saturated heterocycles. The van der Waals surface area contributed by atoms with Gasteiger partial charge in [0.1, 0.15) is 5.69 Å². The number of anilines is 1. The van der Waals surface area contributed by atoms with Crippen LogP contribution in [0, 0.1) is 10.1 Å². The fourth-order valence-electron chi connectivity index (χ4n) is 1.16. The lowest BCUT2D eigenvalue weighted by molar-refractivity contribution is -0.383. The molecule has 0 aliphatic carbocycles. The van der Waals surface area contributed by atoms with E-state index in [0.717, 1.165) is 6.07 Å². The van der Waals surface area contributed by atoms with Crippen LogP contribution in [-0.4, -0.2) is 30.2 Å². The zero-order chi connectivity index (χ0) is 13.8. The van der Waals surface area contributed by atoms with Gasteiger partial charge in [-0.15, -0.1) is 0 Å². The Balaban J connectivity index is 2.90. The molecule has 0 spiro atoms. The largest absolute Gasteiger partial charge is 0.481 e. The van der Waals surface area contributed by atoms with Gasteiger partial charge in [0.2, 0.25) is 10.0 Å². The highest BCUT2D eigenvalue weighted by molar-refractivity contribution is 7.92. The maximum absolute atomic E-state index is 11.5. The van der Waals surface area contributed by atoms with E-state index in [0.29, 0.717) is 0 Å². The second-order valence-corrected chi connectivity index (χ2v) is 5.18. The average molecular weight is 274 g/mol. The minimum absolute atomic E-state index is 0.187. The number of hydrogen-bond donors (Lipinski definition) is 2. The zero-order valence-electron chi connectivity index (χ0n) is 9.07. The van der Waals surface area contributed by atoms with Crippen LogP contribution >= 0.6 is 0 Å². The van der Waals surface area contributed by atoms with Crippen LogP contribution in [0.4, 0.5) is 11.4 Å². The van der Waals surface area contributed by atoms with Gasteiger partial charge in [-0.25, -0.2) is 8.42 Å². The summed E-state index contributed by atoms with van der Waals surface area (Å²) in [5.41, 5.74) is -0.579. The van der Waals surface area contributed by atoms with Crippen LogP contribution in [0.3, 0.4) is 0 Å². The number of nitro groups is 1. The van der Waals surface area contributed by atoms with E-state index >= 15 is 0 Å². The fourth-order valence-corrected chi connectivity index (χ4v) is 2.21. The first-order valence-electron chi connectivity index (χ1n) is 4.77. The number of carboxylic acids is 1. The molecule has 0 bridgehead atoms. The van der Waals surface area contributed by atoms with Crippen LogP contribution in [-0.2, 0) is 14.8 Å². The van der Waals surface area contributed by atoms with Crippen molar-refractivity contribution in [3.05, 3.63) is 34.4 Å².